The molecule has 4 heteroatoms. The van der Waals surface area contributed by atoms with Crippen molar-refractivity contribution in [2.45, 2.75) is 13.2 Å². The highest BCUT2D eigenvalue weighted by molar-refractivity contribution is 6.34. The minimum absolute atomic E-state index is 0.104. The molecule has 0 aliphatic carbocycles. The third kappa shape index (κ3) is 4.80. The maximum absolute atomic E-state index is 12.5. The Morgan fingerprint density at radius 1 is 0.667 bits per heavy atom. The second-order valence-corrected chi connectivity index (χ2v) is 7.81. The molecule has 0 saturated carbocycles. The highest BCUT2D eigenvalue weighted by atomic mass is 16.5. The quantitative estimate of drug-likeness (QED) is 0.346. The average Bonchev–Trinajstić information content (AvgIpc) is 3.18. The first-order chi connectivity index (χ1) is 16.3. The Bertz CT molecular complexity index is 1300. The number of hydrogen-bond donors (Lipinski definition) is 1. The molecule has 0 spiro atoms. The summed E-state index contributed by atoms with van der Waals surface area (Å²) in [5.41, 5.74) is 5.39. The van der Waals surface area contributed by atoms with Crippen LogP contribution in [0.2, 0.25) is 0 Å². The summed E-state index contributed by atoms with van der Waals surface area (Å²) >= 11 is 0. The fourth-order valence-corrected chi connectivity index (χ4v) is 3.77. The minimum Gasteiger partial charge on any atom is -0.485 e. The number of ether oxygens (including phenoxy) is 2. The first-order valence-corrected chi connectivity index (χ1v) is 10.9. The number of fused-ring (bicyclic) bond motifs is 1. The molecular formula is C29H23NO3. The molecule has 0 bridgehead atoms. The topological polar surface area (TPSA) is 47.6 Å². The van der Waals surface area contributed by atoms with E-state index < -0.39 is 0 Å². The molecule has 0 saturated heterocycles. The molecule has 1 aliphatic rings. The molecule has 0 unspecified atom stereocenters. The second-order valence-electron chi connectivity index (χ2n) is 7.81. The summed E-state index contributed by atoms with van der Waals surface area (Å²) in [5.74, 6) is 1.19. The van der Waals surface area contributed by atoms with E-state index in [1.165, 1.54) is 0 Å². The first-order valence-electron chi connectivity index (χ1n) is 10.9. The van der Waals surface area contributed by atoms with Crippen LogP contribution in [-0.2, 0) is 18.0 Å². The summed E-state index contributed by atoms with van der Waals surface area (Å²) in [5, 5.41) is 2.92. The van der Waals surface area contributed by atoms with Crippen LogP contribution in [0.4, 0.5) is 5.69 Å². The lowest BCUT2D eigenvalue weighted by molar-refractivity contribution is -0.110. The van der Waals surface area contributed by atoms with E-state index in [4.69, 9.17) is 9.47 Å². The molecule has 162 valence electrons. The molecule has 0 fully saturated rings. The zero-order valence-electron chi connectivity index (χ0n) is 18.0. The van der Waals surface area contributed by atoms with Gasteiger partial charge in [0.2, 0.25) is 0 Å². The van der Waals surface area contributed by atoms with E-state index in [2.05, 4.69) is 5.32 Å². The number of carbonyl (C=O) groups is 1. The molecule has 4 aromatic rings. The van der Waals surface area contributed by atoms with Crippen molar-refractivity contribution in [1.29, 1.82) is 0 Å². The lowest BCUT2D eigenvalue weighted by Crippen LogP contribution is -2.03. The van der Waals surface area contributed by atoms with Crippen molar-refractivity contribution in [2.75, 3.05) is 5.32 Å². The molecule has 5 rings (SSSR count). The van der Waals surface area contributed by atoms with Crippen LogP contribution in [0, 0.1) is 0 Å². The second kappa shape index (κ2) is 9.45. The van der Waals surface area contributed by atoms with E-state index >= 15 is 0 Å². The summed E-state index contributed by atoms with van der Waals surface area (Å²) in [4.78, 5) is 12.5. The summed E-state index contributed by atoms with van der Waals surface area (Å²) in [6, 6.07) is 33.5. The maximum atomic E-state index is 12.5. The normalized spacial score (nSPS) is 13.5. The van der Waals surface area contributed by atoms with Gasteiger partial charge in [-0.3, -0.25) is 4.79 Å². The number of anilines is 1. The lowest BCUT2D eigenvalue weighted by Gasteiger charge is -2.14. The average molecular weight is 434 g/mol. The standard InChI is InChI=1S/C29H23NO3/c31-29-25(24-13-7-8-14-26(24)30-29)17-23-15-16-27(32-19-21-9-3-1-4-10-21)28(18-23)33-20-22-11-5-2-6-12-22/h1-18H,19-20H2,(H,30,31). The Morgan fingerprint density at radius 2 is 1.27 bits per heavy atom. The number of hydrogen-bond acceptors (Lipinski definition) is 3. The van der Waals surface area contributed by atoms with Gasteiger partial charge < -0.3 is 14.8 Å². The molecule has 1 aliphatic heterocycles. The fraction of sp³-hybridized carbons (Fsp3) is 0.0690. The van der Waals surface area contributed by atoms with Gasteiger partial charge in [0.1, 0.15) is 13.2 Å². The van der Waals surface area contributed by atoms with Crippen molar-refractivity contribution in [3.8, 4) is 11.5 Å². The van der Waals surface area contributed by atoms with Gasteiger partial charge in [-0.1, -0.05) is 84.9 Å². The van der Waals surface area contributed by atoms with Gasteiger partial charge in [-0.15, -0.1) is 0 Å². The van der Waals surface area contributed by atoms with Gasteiger partial charge in [-0.05, 0) is 41.0 Å². The van der Waals surface area contributed by atoms with Gasteiger partial charge in [-0.25, -0.2) is 0 Å². The molecule has 1 amide bonds. The molecular weight excluding hydrogens is 410 g/mol. The highest BCUT2D eigenvalue weighted by Crippen LogP contribution is 2.35. The lowest BCUT2D eigenvalue weighted by atomic mass is 10.0. The van der Waals surface area contributed by atoms with Crippen LogP contribution in [-0.4, -0.2) is 5.91 Å². The highest BCUT2D eigenvalue weighted by Gasteiger charge is 2.23. The van der Waals surface area contributed by atoms with E-state index in [9.17, 15) is 4.79 Å². The van der Waals surface area contributed by atoms with Gasteiger partial charge in [0.05, 0.1) is 0 Å². The molecule has 0 atom stereocenters. The van der Waals surface area contributed by atoms with Gasteiger partial charge in [0.25, 0.3) is 5.91 Å². The van der Waals surface area contributed by atoms with Gasteiger partial charge in [0.15, 0.2) is 11.5 Å². The van der Waals surface area contributed by atoms with Crippen molar-refractivity contribution in [3.05, 3.63) is 125 Å². The van der Waals surface area contributed by atoms with Gasteiger partial charge in [0, 0.05) is 16.8 Å². The molecule has 1 heterocycles. The SMILES string of the molecule is O=C1Nc2ccccc2C1=Cc1ccc(OCc2ccccc2)c(OCc2ccccc2)c1. The molecule has 0 aromatic heterocycles. The number of benzene rings is 4. The Morgan fingerprint density at radius 3 is 1.97 bits per heavy atom. The van der Waals surface area contributed by atoms with Crippen molar-refractivity contribution >= 4 is 23.2 Å². The molecule has 0 radical (unpaired) electrons. The van der Waals surface area contributed by atoms with Crippen LogP contribution in [0.25, 0.3) is 11.6 Å². The van der Waals surface area contributed by atoms with E-state index in [1.54, 1.807) is 0 Å². The van der Waals surface area contributed by atoms with Gasteiger partial charge >= 0.3 is 0 Å². The van der Waals surface area contributed by atoms with E-state index in [1.807, 2.05) is 109 Å². The van der Waals surface area contributed by atoms with Crippen LogP contribution in [0.5, 0.6) is 11.5 Å². The first kappa shape index (κ1) is 20.6. The monoisotopic (exact) mass is 433 g/mol. The van der Waals surface area contributed by atoms with Crippen molar-refractivity contribution < 1.29 is 14.3 Å². The third-order valence-corrected chi connectivity index (χ3v) is 5.46. The number of carbonyl (C=O) groups excluding carboxylic acids is 1. The summed E-state index contributed by atoms with van der Waals surface area (Å²) < 4.78 is 12.2. The molecule has 1 N–H and O–H groups in total. The third-order valence-electron chi connectivity index (χ3n) is 5.46. The van der Waals surface area contributed by atoms with E-state index in [0.717, 1.165) is 27.9 Å². The number of rotatable bonds is 7. The smallest absolute Gasteiger partial charge is 0.256 e. The number of para-hydroxylation sites is 1. The Hall–Kier alpha value is -4.31. The Balaban J connectivity index is 1.44. The largest absolute Gasteiger partial charge is 0.485 e. The zero-order chi connectivity index (χ0) is 22.5. The van der Waals surface area contributed by atoms with Crippen LogP contribution in [0.15, 0.2) is 103 Å². The summed E-state index contributed by atoms with van der Waals surface area (Å²) in [6.45, 7) is 0.866. The van der Waals surface area contributed by atoms with Crippen LogP contribution in [0.1, 0.15) is 22.3 Å². The van der Waals surface area contributed by atoms with Gasteiger partial charge in [-0.2, -0.15) is 0 Å². The Kier molecular flexibility index (Phi) is 5.89. The maximum Gasteiger partial charge on any atom is 0.256 e. The predicted octanol–water partition coefficient (Wildman–Crippen LogP) is 6.34. The summed E-state index contributed by atoms with van der Waals surface area (Å²) in [6.07, 6.45) is 1.89. The zero-order valence-corrected chi connectivity index (χ0v) is 18.0. The van der Waals surface area contributed by atoms with Crippen molar-refractivity contribution in [1.82, 2.24) is 0 Å². The van der Waals surface area contributed by atoms with Crippen molar-refractivity contribution in [2.24, 2.45) is 0 Å². The van der Waals surface area contributed by atoms with Crippen LogP contribution < -0.4 is 14.8 Å². The fourth-order valence-electron chi connectivity index (χ4n) is 3.77. The summed E-state index contributed by atoms with van der Waals surface area (Å²) in [7, 11) is 0. The van der Waals surface area contributed by atoms with E-state index in [-0.39, 0.29) is 5.91 Å². The Labute approximate surface area is 193 Å². The number of amides is 1. The van der Waals surface area contributed by atoms with Crippen LogP contribution >= 0.6 is 0 Å². The van der Waals surface area contributed by atoms with Crippen LogP contribution in [0.3, 0.4) is 0 Å². The van der Waals surface area contributed by atoms with E-state index in [0.29, 0.717) is 30.3 Å². The predicted molar refractivity (Wildman–Crippen MR) is 131 cm³/mol. The molecule has 4 aromatic carbocycles. The minimum atomic E-state index is -0.104. The molecule has 33 heavy (non-hydrogen) atoms. The number of nitrogens with one attached hydrogen (secondary N) is 1. The molecule has 4 nitrogen and oxygen atoms in total. The van der Waals surface area contributed by atoms with Crippen molar-refractivity contribution in [3.63, 3.8) is 0 Å².